The molecule has 0 aliphatic rings. The van der Waals surface area contributed by atoms with Gasteiger partial charge in [0.1, 0.15) is 11.6 Å². The molecule has 1 aromatic rings. The van der Waals surface area contributed by atoms with E-state index >= 15 is 0 Å². The van der Waals surface area contributed by atoms with Gasteiger partial charge < -0.3 is 10.3 Å². The third-order valence-corrected chi connectivity index (χ3v) is 2.90. The third-order valence-electron chi connectivity index (χ3n) is 2.04. The van der Waals surface area contributed by atoms with Crippen molar-refractivity contribution >= 4 is 15.8 Å². The summed E-state index contributed by atoms with van der Waals surface area (Å²) in [6, 6.07) is 1.33. The largest absolute Gasteiger partial charge is 0.370 e. The average Bonchev–Trinajstić information content (AvgIpc) is 2.22. The van der Waals surface area contributed by atoms with E-state index in [1.807, 2.05) is 6.92 Å². The fourth-order valence-corrected chi connectivity index (χ4v) is 1.80. The van der Waals surface area contributed by atoms with Gasteiger partial charge in [-0.05, 0) is 6.42 Å². The van der Waals surface area contributed by atoms with Crippen molar-refractivity contribution in [3.63, 3.8) is 0 Å². The molecule has 0 bridgehead atoms. The Morgan fingerprint density at radius 1 is 1.53 bits per heavy atom. The van der Waals surface area contributed by atoms with Gasteiger partial charge in [-0.3, -0.25) is 4.79 Å². The molecule has 0 atom stereocenters. The average molecular weight is 260 g/mol. The van der Waals surface area contributed by atoms with Crippen LogP contribution in [0, 0.1) is 0 Å². The molecule has 1 heterocycles. The van der Waals surface area contributed by atoms with Crippen molar-refractivity contribution in [3.05, 3.63) is 22.2 Å². The SMILES string of the molecule is CCc1nc(NCCCS(N)(=O)=O)cc(=O)[nH]1. The first-order chi connectivity index (χ1) is 7.90. The van der Waals surface area contributed by atoms with Crippen LogP contribution < -0.4 is 16.0 Å². The second-order valence-corrected chi connectivity index (χ2v) is 5.31. The van der Waals surface area contributed by atoms with E-state index in [4.69, 9.17) is 5.14 Å². The fourth-order valence-electron chi connectivity index (χ4n) is 1.26. The number of hydrogen-bond acceptors (Lipinski definition) is 5. The molecule has 4 N–H and O–H groups in total. The third kappa shape index (κ3) is 5.45. The van der Waals surface area contributed by atoms with Crippen LogP contribution in [0.5, 0.6) is 0 Å². The van der Waals surface area contributed by atoms with Gasteiger partial charge in [0, 0.05) is 19.0 Å². The van der Waals surface area contributed by atoms with Crippen molar-refractivity contribution in [2.75, 3.05) is 17.6 Å². The van der Waals surface area contributed by atoms with Gasteiger partial charge in [-0.25, -0.2) is 18.5 Å². The highest BCUT2D eigenvalue weighted by Crippen LogP contribution is 1.99. The number of H-pyrrole nitrogens is 1. The molecule has 0 spiro atoms. The molecule has 96 valence electrons. The number of hydrogen-bond donors (Lipinski definition) is 3. The van der Waals surface area contributed by atoms with Crippen LogP contribution in [0.2, 0.25) is 0 Å². The molecule has 0 aromatic carbocycles. The number of nitrogens with two attached hydrogens (primary N) is 1. The van der Waals surface area contributed by atoms with Crippen molar-refractivity contribution in [2.45, 2.75) is 19.8 Å². The summed E-state index contributed by atoms with van der Waals surface area (Å²) in [5.41, 5.74) is -0.231. The van der Waals surface area contributed by atoms with Gasteiger partial charge in [-0.2, -0.15) is 0 Å². The van der Waals surface area contributed by atoms with E-state index < -0.39 is 10.0 Å². The molecule has 0 radical (unpaired) electrons. The van der Waals surface area contributed by atoms with Gasteiger partial charge in [0.25, 0.3) is 5.56 Å². The molecular weight excluding hydrogens is 244 g/mol. The number of anilines is 1. The smallest absolute Gasteiger partial charge is 0.252 e. The van der Waals surface area contributed by atoms with Crippen molar-refractivity contribution in [3.8, 4) is 0 Å². The summed E-state index contributed by atoms with van der Waals surface area (Å²) >= 11 is 0. The molecule has 8 heteroatoms. The van der Waals surface area contributed by atoms with E-state index in [0.717, 1.165) is 0 Å². The van der Waals surface area contributed by atoms with Gasteiger partial charge in [-0.1, -0.05) is 6.92 Å². The maximum absolute atomic E-state index is 11.2. The Hall–Kier alpha value is -1.41. The van der Waals surface area contributed by atoms with Crippen molar-refractivity contribution < 1.29 is 8.42 Å². The Labute approximate surface area is 99.5 Å². The first kappa shape index (κ1) is 13.7. The van der Waals surface area contributed by atoms with Crippen LogP contribution in [-0.2, 0) is 16.4 Å². The maximum Gasteiger partial charge on any atom is 0.252 e. The monoisotopic (exact) mass is 260 g/mol. The number of nitrogens with zero attached hydrogens (tertiary/aromatic N) is 1. The van der Waals surface area contributed by atoms with Crippen molar-refractivity contribution in [1.82, 2.24) is 9.97 Å². The van der Waals surface area contributed by atoms with E-state index in [2.05, 4.69) is 15.3 Å². The number of aromatic amines is 1. The number of primary sulfonamides is 1. The van der Waals surface area contributed by atoms with Crippen LogP contribution in [0.3, 0.4) is 0 Å². The van der Waals surface area contributed by atoms with Gasteiger partial charge in [0.05, 0.1) is 5.75 Å². The minimum absolute atomic E-state index is 0.0934. The molecule has 0 saturated heterocycles. The molecule has 0 saturated carbocycles. The summed E-state index contributed by atoms with van der Waals surface area (Å²) in [6.45, 7) is 2.28. The molecule has 1 rings (SSSR count). The van der Waals surface area contributed by atoms with E-state index in [1.165, 1.54) is 6.07 Å². The highest BCUT2D eigenvalue weighted by Gasteiger charge is 2.03. The second kappa shape index (κ2) is 5.78. The molecule has 0 fully saturated rings. The molecule has 1 aromatic heterocycles. The zero-order chi connectivity index (χ0) is 12.9. The van der Waals surface area contributed by atoms with Crippen LogP contribution in [0.4, 0.5) is 5.82 Å². The highest BCUT2D eigenvalue weighted by atomic mass is 32.2. The number of aromatic nitrogens is 2. The predicted octanol–water partition coefficient (Wildman–Crippen LogP) is -0.577. The van der Waals surface area contributed by atoms with E-state index in [0.29, 0.717) is 31.0 Å². The van der Waals surface area contributed by atoms with Crippen molar-refractivity contribution in [1.29, 1.82) is 0 Å². The Balaban J connectivity index is 2.52. The van der Waals surface area contributed by atoms with E-state index in [9.17, 15) is 13.2 Å². The first-order valence-electron chi connectivity index (χ1n) is 5.25. The van der Waals surface area contributed by atoms with Gasteiger partial charge in [-0.15, -0.1) is 0 Å². The zero-order valence-corrected chi connectivity index (χ0v) is 10.4. The summed E-state index contributed by atoms with van der Waals surface area (Å²) < 4.78 is 21.4. The Kier molecular flexibility index (Phi) is 4.64. The molecule has 0 amide bonds. The summed E-state index contributed by atoms with van der Waals surface area (Å²) in [5.74, 6) is 0.940. The lowest BCUT2D eigenvalue weighted by Gasteiger charge is -2.05. The Morgan fingerprint density at radius 2 is 2.24 bits per heavy atom. The zero-order valence-electron chi connectivity index (χ0n) is 9.56. The second-order valence-electron chi connectivity index (χ2n) is 3.58. The Bertz CT molecular complexity index is 523. The highest BCUT2D eigenvalue weighted by molar-refractivity contribution is 7.89. The normalized spacial score (nSPS) is 11.4. The lowest BCUT2D eigenvalue weighted by atomic mass is 10.4. The van der Waals surface area contributed by atoms with Crippen LogP contribution in [-0.4, -0.2) is 30.7 Å². The van der Waals surface area contributed by atoms with Crippen LogP contribution in [0.25, 0.3) is 0 Å². The summed E-state index contributed by atoms with van der Waals surface area (Å²) in [4.78, 5) is 17.9. The molecular formula is C9H16N4O3S. The van der Waals surface area contributed by atoms with Gasteiger partial charge >= 0.3 is 0 Å². The molecule has 0 aliphatic carbocycles. The first-order valence-corrected chi connectivity index (χ1v) is 6.97. The minimum atomic E-state index is -3.43. The number of nitrogens with one attached hydrogen (secondary N) is 2. The summed E-state index contributed by atoms with van der Waals surface area (Å²) in [6.07, 6.45) is 0.997. The topological polar surface area (TPSA) is 118 Å². The van der Waals surface area contributed by atoms with Crippen LogP contribution >= 0.6 is 0 Å². The van der Waals surface area contributed by atoms with Crippen LogP contribution in [0.15, 0.2) is 10.9 Å². The number of sulfonamides is 1. The maximum atomic E-state index is 11.2. The van der Waals surface area contributed by atoms with Crippen molar-refractivity contribution in [2.24, 2.45) is 5.14 Å². The van der Waals surface area contributed by atoms with E-state index in [1.54, 1.807) is 0 Å². The van der Waals surface area contributed by atoms with E-state index in [-0.39, 0.29) is 11.3 Å². The molecule has 0 unspecified atom stereocenters. The number of aryl methyl sites for hydroxylation is 1. The fraction of sp³-hybridized carbons (Fsp3) is 0.556. The quantitative estimate of drug-likeness (QED) is 0.591. The minimum Gasteiger partial charge on any atom is -0.370 e. The summed E-state index contributed by atoms with van der Waals surface area (Å²) in [7, 11) is -3.43. The number of rotatable bonds is 6. The molecule has 17 heavy (non-hydrogen) atoms. The molecule has 7 nitrogen and oxygen atoms in total. The Morgan fingerprint density at radius 3 is 2.82 bits per heavy atom. The van der Waals surface area contributed by atoms with Gasteiger partial charge in [0.15, 0.2) is 0 Å². The lowest BCUT2D eigenvalue weighted by molar-refractivity contribution is 0.595. The van der Waals surface area contributed by atoms with Gasteiger partial charge in [0.2, 0.25) is 10.0 Å². The summed E-state index contributed by atoms with van der Waals surface area (Å²) in [5, 5.41) is 7.74. The standard InChI is InChI=1S/C9H16N4O3S/c1-2-7-12-8(6-9(14)13-7)11-4-3-5-17(10,15)16/h6H,2-5H2,1H3,(H2,10,15,16)(H2,11,12,13,14). The molecule has 0 aliphatic heterocycles. The van der Waals surface area contributed by atoms with Crippen LogP contribution in [0.1, 0.15) is 19.2 Å². The predicted molar refractivity (Wildman–Crippen MR) is 65.3 cm³/mol. The lowest BCUT2D eigenvalue weighted by Crippen LogP contribution is -2.19.